The predicted octanol–water partition coefficient (Wildman–Crippen LogP) is -0.345. The molecule has 2 rings (SSSR count). The van der Waals surface area contributed by atoms with E-state index in [0.717, 1.165) is 13.1 Å². The Morgan fingerprint density at radius 3 is 2.61 bits per heavy atom. The maximum Gasteiger partial charge on any atom is 0.309 e. The van der Waals surface area contributed by atoms with Crippen molar-refractivity contribution < 1.29 is 14.3 Å². The minimum absolute atomic E-state index is 0.0769. The molecule has 1 aromatic rings. The van der Waals surface area contributed by atoms with E-state index in [2.05, 4.69) is 10.4 Å². The summed E-state index contributed by atoms with van der Waals surface area (Å²) in [6.45, 7) is 2.89. The van der Waals surface area contributed by atoms with E-state index in [1.54, 1.807) is 25.0 Å². The van der Waals surface area contributed by atoms with Crippen LogP contribution in [0, 0.1) is 0 Å². The molecule has 1 aliphatic heterocycles. The Labute approximate surface area is 105 Å². The predicted molar refractivity (Wildman–Crippen MR) is 63.5 cm³/mol. The Kier molecular flexibility index (Phi) is 3.33. The van der Waals surface area contributed by atoms with Crippen LogP contribution in [0.4, 0.5) is 0 Å². The van der Waals surface area contributed by atoms with Crippen LogP contribution in [-0.2, 0) is 4.79 Å². The summed E-state index contributed by atoms with van der Waals surface area (Å²) in [5.74, 6) is -0.641. The van der Waals surface area contributed by atoms with Gasteiger partial charge in [0.05, 0.1) is 6.04 Å². The molecule has 1 saturated heterocycles. The van der Waals surface area contributed by atoms with E-state index in [1.165, 1.54) is 11.8 Å². The fraction of sp³-hybridized carbons (Fsp3) is 0.545. The van der Waals surface area contributed by atoms with E-state index in [0.29, 0.717) is 5.56 Å². The molecular weight excluding hydrogens is 236 g/mol. The lowest BCUT2D eigenvalue weighted by atomic mass is 10.2. The van der Waals surface area contributed by atoms with Crippen molar-refractivity contribution in [2.45, 2.75) is 13.0 Å². The summed E-state index contributed by atoms with van der Waals surface area (Å²) >= 11 is 0. The topological polar surface area (TPSA) is 76.5 Å². The van der Waals surface area contributed by atoms with E-state index < -0.39 is 5.97 Å². The molecule has 7 nitrogen and oxygen atoms in total. The number of esters is 1. The number of rotatable bonds is 3. The normalized spacial score (nSPS) is 15.1. The van der Waals surface area contributed by atoms with Crippen LogP contribution in [0.1, 0.15) is 23.3 Å². The molecule has 0 aromatic carbocycles. The van der Waals surface area contributed by atoms with Gasteiger partial charge in [0.2, 0.25) is 0 Å². The number of aromatic nitrogens is 2. The first-order chi connectivity index (χ1) is 8.49. The fourth-order valence-corrected chi connectivity index (χ4v) is 1.62. The van der Waals surface area contributed by atoms with Gasteiger partial charge in [-0.15, -0.1) is 5.10 Å². The highest BCUT2D eigenvalue weighted by atomic mass is 16.5. The van der Waals surface area contributed by atoms with Crippen LogP contribution >= 0.6 is 0 Å². The molecular formula is C11H16N4O3. The molecule has 0 saturated carbocycles. The van der Waals surface area contributed by atoms with Crippen molar-refractivity contribution in [2.75, 3.05) is 27.2 Å². The van der Waals surface area contributed by atoms with Crippen LogP contribution in [-0.4, -0.2) is 53.7 Å². The summed E-state index contributed by atoms with van der Waals surface area (Å²) in [5, 5.41) is 7.28. The average Bonchev–Trinajstić information content (AvgIpc) is 2.56. The Bertz CT molecular complexity index is 477. The molecule has 1 fully saturated rings. The summed E-state index contributed by atoms with van der Waals surface area (Å²) in [4.78, 5) is 24.4. The van der Waals surface area contributed by atoms with E-state index in [1.807, 2.05) is 0 Å². The zero-order valence-electron chi connectivity index (χ0n) is 10.6. The standard InChI is InChI=1S/C11H16N4O3/c1-7(16)18-10-9(11(17)14(2)3)6-15(13-10)8-4-12-5-8/h6,8,12H,4-5H2,1-3H3. The minimum atomic E-state index is -0.486. The number of carbonyl (C=O) groups excluding carboxylic acids is 2. The van der Waals surface area contributed by atoms with Crippen LogP contribution in [0.3, 0.4) is 0 Å². The third-order valence-electron chi connectivity index (χ3n) is 2.71. The molecule has 2 heterocycles. The van der Waals surface area contributed by atoms with Gasteiger partial charge in [-0.05, 0) is 0 Å². The van der Waals surface area contributed by atoms with Gasteiger partial charge in [0.15, 0.2) is 0 Å². The summed E-state index contributed by atoms with van der Waals surface area (Å²) in [7, 11) is 3.28. The van der Waals surface area contributed by atoms with Crippen molar-refractivity contribution in [2.24, 2.45) is 0 Å². The molecule has 0 atom stereocenters. The molecule has 98 valence electrons. The summed E-state index contributed by atoms with van der Waals surface area (Å²) in [5.41, 5.74) is 0.308. The second-order valence-electron chi connectivity index (χ2n) is 4.43. The first-order valence-electron chi connectivity index (χ1n) is 5.69. The van der Waals surface area contributed by atoms with E-state index in [-0.39, 0.29) is 17.8 Å². The van der Waals surface area contributed by atoms with E-state index >= 15 is 0 Å². The lowest BCUT2D eigenvalue weighted by molar-refractivity contribution is -0.132. The lowest BCUT2D eigenvalue weighted by Gasteiger charge is -2.26. The molecule has 0 spiro atoms. The quantitative estimate of drug-likeness (QED) is 0.744. The van der Waals surface area contributed by atoms with Crippen LogP contribution < -0.4 is 10.1 Å². The molecule has 0 radical (unpaired) electrons. The van der Waals surface area contributed by atoms with Gasteiger partial charge in [-0.2, -0.15) is 0 Å². The van der Waals surface area contributed by atoms with Gasteiger partial charge >= 0.3 is 5.97 Å². The zero-order chi connectivity index (χ0) is 13.3. The van der Waals surface area contributed by atoms with Gasteiger partial charge in [0, 0.05) is 40.3 Å². The zero-order valence-corrected chi connectivity index (χ0v) is 10.6. The van der Waals surface area contributed by atoms with Crippen molar-refractivity contribution in [1.82, 2.24) is 20.0 Å². The molecule has 1 aliphatic rings. The van der Waals surface area contributed by atoms with Gasteiger partial charge in [0.1, 0.15) is 5.56 Å². The molecule has 1 aromatic heterocycles. The fourth-order valence-electron chi connectivity index (χ4n) is 1.62. The third-order valence-corrected chi connectivity index (χ3v) is 2.71. The van der Waals surface area contributed by atoms with Crippen molar-refractivity contribution in [3.05, 3.63) is 11.8 Å². The van der Waals surface area contributed by atoms with Crippen molar-refractivity contribution in [3.63, 3.8) is 0 Å². The highest BCUT2D eigenvalue weighted by Gasteiger charge is 2.26. The Hall–Kier alpha value is -1.89. The summed E-state index contributed by atoms with van der Waals surface area (Å²) < 4.78 is 6.65. The van der Waals surface area contributed by atoms with Crippen molar-refractivity contribution >= 4 is 11.9 Å². The monoisotopic (exact) mass is 252 g/mol. The number of hydrogen-bond donors (Lipinski definition) is 1. The van der Waals surface area contributed by atoms with Crippen molar-refractivity contribution in [1.29, 1.82) is 0 Å². The largest absolute Gasteiger partial charge is 0.405 e. The number of carbonyl (C=O) groups is 2. The smallest absolute Gasteiger partial charge is 0.309 e. The van der Waals surface area contributed by atoms with E-state index in [9.17, 15) is 9.59 Å². The molecule has 0 bridgehead atoms. The van der Waals surface area contributed by atoms with Crippen LogP contribution in [0.5, 0.6) is 5.88 Å². The average molecular weight is 252 g/mol. The van der Waals surface area contributed by atoms with Crippen LogP contribution in [0.15, 0.2) is 6.20 Å². The number of nitrogens with zero attached hydrogens (tertiary/aromatic N) is 3. The van der Waals surface area contributed by atoms with Gasteiger partial charge in [-0.25, -0.2) is 0 Å². The number of hydrogen-bond acceptors (Lipinski definition) is 5. The van der Waals surface area contributed by atoms with Crippen LogP contribution in [0.25, 0.3) is 0 Å². The third kappa shape index (κ3) is 2.35. The maximum atomic E-state index is 12.0. The second-order valence-corrected chi connectivity index (χ2v) is 4.43. The second kappa shape index (κ2) is 4.77. The van der Waals surface area contributed by atoms with Gasteiger partial charge in [-0.3, -0.25) is 14.3 Å². The molecule has 1 amide bonds. The first kappa shape index (κ1) is 12.6. The van der Waals surface area contributed by atoms with Crippen molar-refractivity contribution in [3.8, 4) is 5.88 Å². The SMILES string of the molecule is CC(=O)Oc1nn(C2CNC2)cc1C(=O)N(C)C. The minimum Gasteiger partial charge on any atom is -0.405 e. The summed E-state index contributed by atoms with van der Waals surface area (Å²) in [6, 6.07) is 0.211. The van der Waals surface area contributed by atoms with Gasteiger partial charge < -0.3 is 15.0 Å². The number of nitrogens with one attached hydrogen (secondary N) is 1. The molecule has 0 unspecified atom stereocenters. The highest BCUT2D eigenvalue weighted by Crippen LogP contribution is 2.21. The molecule has 1 N–H and O–H groups in total. The Morgan fingerprint density at radius 2 is 2.17 bits per heavy atom. The summed E-state index contributed by atoms with van der Waals surface area (Å²) in [6.07, 6.45) is 1.63. The molecule has 18 heavy (non-hydrogen) atoms. The molecule has 0 aliphatic carbocycles. The molecule has 7 heteroatoms. The highest BCUT2D eigenvalue weighted by molar-refractivity contribution is 5.96. The Morgan fingerprint density at radius 1 is 1.50 bits per heavy atom. The maximum absolute atomic E-state index is 12.0. The first-order valence-corrected chi connectivity index (χ1v) is 5.69. The van der Waals surface area contributed by atoms with Gasteiger partial charge in [0.25, 0.3) is 11.8 Å². The van der Waals surface area contributed by atoms with Crippen LogP contribution in [0.2, 0.25) is 0 Å². The lowest BCUT2D eigenvalue weighted by Crippen LogP contribution is -2.43. The van der Waals surface area contributed by atoms with E-state index in [4.69, 9.17) is 4.74 Å². The van der Waals surface area contributed by atoms with Gasteiger partial charge in [-0.1, -0.05) is 0 Å². The Balaban J connectivity index is 2.31. The number of amides is 1. The number of ether oxygens (including phenoxy) is 1.